The van der Waals surface area contributed by atoms with Gasteiger partial charge in [-0.2, -0.15) is 0 Å². The van der Waals surface area contributed by atoms with Crippen LogP contribution in [0.25, 0.3) is 0 Å². The van der Waals surface area contributed by atoms with Gasteiger partial charge in [0.15, 0.2) is 0 Å². The Kier molecular flexibility index (Phi) is 2.61. The molecule has 1 aliphatic carbocycles. The highest BCUT2D eigenvalue weighted by atomic mass is 16.5. The van der Waals surface area contributed by atoms with Crippen LogP contribution in [0.4, 0.5) is 0 Å². The van der Waals surface area contributed by atoms with Crippen LogP contribution in [0.5, 0.6) is 0 Å². The summed E-state index contributed by atoms with van der Waals surface area (Å²) in [6.45, 7) is 4.36. The molecule has 2 atom stereocenters. The fourth-order valence-electron chi connectivity index (χ4n) is 2.77. The van der Waals surface area contributed by atoms with Crippen LogP contribution in [-0.4, -0.2) is 25.8 Å². The maximum atomic E-state index is 5.25. The van der Waals surface area contributed by atoms with Crippen LogP contribution in [0.2, 0.25) is 0 Å². The van der Waals surface area contributed by atoms with E-state index in [9.17, 15) is 0 Å². The number of rotatable bonds is 3. The zero-order valence-electron chi connectivity index (χ0n) is 8.81. The minimum absolute atomic E-state index is 0.259. The molecule has 76 valence electrons. The summed E-state index contributed by atoms with van der Waals surface area (Å²) in [5.74, 6) is 1.94. The van der Waals surface area contributed by atoms with Crippen molar-refractivity contribution < 1.29 is 4.74 Å². The van der Waals surface area contributed by atoms with Crippen LogP contribution in [-0.2, 0) is 4.74 Å². The number of ether oxygens (including phenoxy) is 1. The monoisotopic (exact) mass is 183 g/mol. The Morgan fingerprint density at radius 2 is 2.15 bits per heavy atom. The van der Waals surface area contributed by atoms with E-state index >= 15 is 0 Å². The molecule has 2 aliphatic rings. The Morgan fingerprint density at radius 1 is 1.38 bits per heavy atom. The average Bonchev–Trinajstić information content (AvgIpc) is 2.29. The van der Waals surface area contributed by atoms with Crippen LogP contribution < -0.4 is 5.32 Å². The summed E-state index contributed by atoms with van der Waals surface area (Å²) < 4.78 is 5.25. The Bertz CT molecular complexity index is 179. The van der Waals surface area contributed by atoms with E-state index in [-0.39, 0.29) is 5.54 Å². The summed E-state index contributed by atoms with van der Waals surface area (Å²) in [6.07, 6.45) is 5.71. The Balaban J connectivity index is 1.85. The second-order valence-corrected chi connectivity index (χ2v) is 5.03. The van der Waals surface area contributed by atoms with Crippen LogP contribution in [0, 0.1) is 11.8 Å². The van der Waals surface area contributed by atoms with Gasteiger partial charge in [0.1, 0.15) is 0 Å². The molecule has 0 radical (unpaired) electrons. The van der Waals surface area contributed by atoms with Crippen LogP contribution in [0.15, 0.2) is 0 Å². The van der Waals surface area contributed by atoms with Gasteiger partial charge >= 0.3 is 0 Å². The molecule has 1 saturated carbocycles. The van der Waals surface area contributed by atoms with Crippen molar-refractivity contribution in [3.63, 3.8) is 0 Å². The molecule has 2 fully saturated rings. The molecule has 1 heterocycles. The molecule has 2 heteroatoms. The van der Waals surface area contributed by atoms with Crippen LogP contribution in [0.3, 0.4) is 0 Å². The van der Waals surface area contributed by atoms with Gasteiger partial charge in [-0.1, -0.05) is 19.3 Å². The SMILES string of the molecule is COCC1(C)CC(C2CCC2)CN1. The van der Waals surface area contributed by atoms with Gasteiger partial charge in [0.2, 0.25) is 0 Å². The summed E-state index contributed by atoms with van der Waals surface area (Å²) in [6, 6.07) is 0. The molecule has 0 aromatic rings. The van der Waals surface area contributed by atoms with Gasteiger partial charge in [0.05, 0.1) is 6.61 Å². The lowest BCUT2D eigenvalue weighted by Gasteiger charge is -2.31. The standard InChI is InChI=1S/C11H21NO/c1-11(8-13-2)6-10(7-12-11)9-4-3-5-9/h9-10,12H,3-8H2,1-2H3. The molecular weight excluding hydrogens is 162 g/mol. The molecule has 0 aromatic carbocycles. The summed E-state index contributed by atoms with van der Waals surface area (Å²) in [7, 11) is 1.80. The molecule has 2 unspecified atom stereocenters. The van der Waals surface area contributed by atoms with Crippen molar-refractivity contribution in [2.24, 2.45) is 11.8 Å². The topological polar surface area (TPSA) is 21.3 Å². The Labute approximate surface area is 81.0 Å². The second kappa shape index (κ2) is 3.58. The molecule has 1 aliphatic heterocycles. The number of hydrogen-bond acceptors (Lipinski definition) is 2. The fourth-order valence-corrected chi connectivity index (χ4v) is 2.77. The highest BCUT2D eigenvalue weighted by Gasteiger charge is 2.39. The van der Waals surface area contributed by atoms with Crippen LogP contribution >= 0.6 is 0 Å². The summed E-state index contributed by atoms with van der Waals surface area (Å²) in [5, 5.41) is 3.61. The molecule has 1 saturated heterocycles. The van der Waals surface area contributed by atoms with E-state index in [1.165, 1.54) is 32.2 Å². The minimum Gasteiger partial charge on any atom is -0.383 e. The van der Waals surface area contributed by atoms with Crippen molar-refractivity contribution in [3.8, 4) is 0 Å². The first-order chi connectivity index (χ1) is 6.23. The highest BCUT2D eigenvalue weighted by Crippen LogP contribution is 2.39. The third-order valence-corrected chi connectivity index (χ3v) is 3.78. The predicted molar refractivity (Wildman–Crippen MR) is 53.7 cm³/mol. The van der Waals surface area contributed by atoms with E-state index in [0.717, 1.165) is 18.4 Å². The maximum Gasteiger partial charge on any atom is 0.0641 e. The van der Waals surface area contributed by atoms with Gasteiger partial charge in [-0.05, 0) is 31.7 Å². The van der Waals surface area contributed by atoms with Gasteiger partial charge in [-0.15, -0.1) is 0 Å². The maximum absolute atomic E-state index is 5.25. The Hall–Kier alpha value is -0.0800. The summed E-state index contributed by atoms with van der Waals surface area (Å²) >= 11 is 0. The molecule has 0 aromatic heterocycles. The number of hydrogen-bond donors (Lipinski definition) is 1. The third-order valence-electron chi connectivity index (χ3n) is 3.78. The lowest BCUT2D eigenvalue weighted by Crippen LogP contribution is -2.40. The average molecular weight is 183 g/mol. The van der Waals surface area contributed by atoms with E-state index < -0.39 is 0 Å². The second-order valence-electron chi connectivity index (χ2n) is 5.03. The number of methoxy groups -OCH3 is 1. The molecule has 13 heavy (non-hydrogen) atoms. The van der Waals surface area contributed by atoms with Crippen LogP contribution in [0.1, 0.15) is 32.6 Å². The molecule has 2 nitrogen and oxygen atoms in total. The zero-order chi connectivity index (χ0) is 9.31. The van der Waals surface area contributed by atoms with Crippen molar-refractivity contribution in [2.45, 2.75) is 38.1 Å². The predicted octanol–water partition coefficient (Wildman–Crippen LogP) is 1.80. The molecule has 0 amide bonds. The highest BCUT2D eigenvalue weighted by molar-refractivity contribution is 4.96. The van der Waals surface area contributed by atoms with Gasteiger partial charge in [0.25, 0.3) is 0 Å². The third kappa shape index (κ3) is 1.89. The first kappa shape index (κ1) is 9.47. The van der Waals surface area contributed by atoms with E-state index in [1.807, 2.05) is 0 Å². The molecule has 0 bridgehead atoms. The van der Waals surface area contributed by atoms with Gasteiger partial charge in [-0.25, -0.2) is 0 Å². The summed E-state index contributed by atoms with van der Waals surface area (Å²) in [4.78, 5) is 0. The van der Waals surface area contributed by atoms with Gasteiger partial charge in [0, 0.05) is 12.6 Å². The largest absolute Gasteiger partial charge is 0.383 e. The quantitative estimate of drug-likeness (QED) is 0.720. The van der Waals surface area contributed by atoms with E-state index in [4.69, 9.17) is 4.74 Å². The summed E-state index contributed by atoms with van der Waals surface area (Å²) in [5.41, 5.74) is 0.259. The molecule has 2 rings (SSSR count). The van der Waals surface area contributed by atoms with E-state index in [2.05, 4.69) is 12.2 Å². The first-order valence-electron chi connectivity index (χ1n) is 5.47. The van der Waals surface area contributed by atoms with Crippen molar-refractivity contribution in [1.29, 1.82) is 0 Å². The molecular formula is C11H21NO. The van der Waals surface area contributed by atoms with Gasteiger partial charge in [-0.3, -0.25) is 0 Å². The first-order valence-corrected chi connectivity index (χ1v) is 5.47. The fraction of sp³-hybridized carbons (Fsp3) is 1.00. The van der Waals surface area contributed by atoms with Crippen molar-refractivity contribution >= 4 is 0 Å². The normalized spacial score (nSPS) is 40.6. The number of nitrogens with one attached hydrogen (secondary N) is 1. The lowest BCUT2D eigenvalue weighted by molar-refractivity contribution is 0.122. The van der Waals surface area contributed by atoms with E-state index in [0.29, 0.717) is 0 Å². The Morgan fingerprint density at radius 3 is 2.69 bits per heavy atom. The molecule has 1 N–H and O–H groups in total. The van der Waals surface area contributed by atoms with Gasteiger partial charge < -0.3 is 10.1 Å². The van der Waals surface area contributed by atoms with Crippen molar-refractivity contribution in [3.05, 3.63) is 0 Å². The van der Waals surface area contributed by atoms with Crippen molar-refractivity contribution in [1.82, 2.24) is 5.32 Å². The smallest absolute Gasteiger partial charge is 0.0641 e. The lowest BCUT2D eigenvalue weighted by atomic mass is 9.74. The van der Waals surface area contributed by atoms with E-state index in [1.54, 1.807) is 7.11 Å². The zero-order valence-corrected chi connectivity index (χ0v) is 8.81. The molecule has 0 spiro atoms. The van der Waals surface area contributed by atoms with Crippen molar-refractivity contribution in [2.75, 3.05) is 20.3 Å². The minimum atomic E-state index is 0.259.